The number of hydrogen-bond donors (Lipinski definition) is 3. The summed E-state index contributed by atoms with van der Waals surface area (Å²) in [6.07, 6.45) is 3.95. The Morgan fingerprint density at radius 2 is 1.96 bits per heavy atom. The van der Waals surface area contributed by atoms with E-state index in [-0.39, 0.29) is 12.3 Å². The minimum absolute atomic E-state index is 0.159. The SMILES string of the molecule is O=C(Cc1ccc(-n2ccc(=O)[nH]c2=O)cc1)Nc1cc(C2CC2)[nH]n1. The Bertz CT molecular complexity index is 1060. The van der Waals surface area contributed by atoms with Crippen LogP contribution in [-0.4, -0.2) is 25.7 Å². The van der Waals surface area contributed by atoms with E-state index in [0.29, 0.717) is 17.4 Å². The molecule has 0 saturated heterocycles. The van der Waals surface area contributed by atoms with E-state index in [9.17, 15) is 14.4 Å². The van der Waals surface area contributed by atoms with E-state index in [1.165, 1.54) is 29.7 Å². The molecule has 1 fully saturated rings. The third kappa shape index (κ3) is 3.49. The second kappa shape index (κ2) is 6.47. The van der Waals surface area contributed by atoms with Crippen LogP contribution in [0.15, 0.2) is 52.2 Å². The smallest absolute Gasteiger partial charge is 0.309 e. The van der Waals surface area contributed by atoms with E-state index >= 15 is 0 Å². The number of hydrogen-bond acceptors (Lipinski definition) is 4. The van der Waals surface area contributed by atoms with Gasteiger partial charge in [-0.3, -0.25) is 24.2 Å². The molecule has 8 nitrogen and oxygen atoms in total. The summed E-state index contributed by atoms with van der Waals surface area (Å²) >= 11 is 0. The van der Waals surface area contributed by atoms with E-state index in [1.54, 1.807) is 24.3 Å². The first-order valence-electron chi connectivity index (χ1n) is 8.35. The van der Waals surface area contributed by atoms with E-state index in [4.69, 9.17) is 0 Å². The van der Waals surface area contributed by atoms with Gasteiger partial charge >= 0.3 is 5.69 Å². The van der Waals surface area contributed by atoms with Gasteiger partial charge in [0.15, 0.2) is 5.82 Å². The number of aromatic nitrogens is 4. The summed E-state index contributed by atoms with van der Waals surface area (Å²) in [7, 11) is 0. The molecule has 0 aliphatic heterocycles. The highest BCUT2D eigenvalue weighted by Gasteiger charge is 2.25. The average Bonchev–Trinajstić information content (AvgIpc) is 3.36. The average molecular weight is 351 g/mol. The summed E-state index contributed by atoms with van der Waals surface area (Å²) in [5.41, 5.74) is 1.53. The largest absolute Gasteiger partial charge is 0.332 e. The van der Waals surface area contributed by atoms with Gasteiger partial charge in [-0.2, -0.15) is 5.10 Å². The van der Waals surface area contributed by atoms with Crippen molar-refractivity contribution < 1.29 is 4.79 Å². The van der Waals surface area contributed by atoms with Crippen molar-refractivity contribution in [3.63, 3.8) is 0 Å². The molecule has 3 aromatic rings. The number of benzene rings is 1. The van der Waals surface area contributed by atoms with Crippen LogP contribution >= 0.6 is 0 Å². The summed E-state index contributed by atoms with van der Waals surface area (Å²) < 4.78 is 1.33. The molecule has 0 spiro atoms. The molecule has 0 atom stereocenters. The molecule has 1 aliphatic rings. The number of rotatable bonds is 5. The maximum Gasteiger partial charge on any atom is 0.332 e. The van der Waals surface area contributed by atoms with Gasteiger partial charge in [-0.1, -0.05) is 12.1 Å². The Morgan fingerprint density at radius 3 is 2.65 bits per heavy atom. The number of carbonyl (C=O) groups is 1. The van der Waals surface area contributed by atoms with Crippen molar-refractivity contribution in [2.45, 2.75) is 25.2 Å². The van der Waals surface area contributed by atoms with Gasteiger partial charge in [-0.25, -0.2) is 4.79 Å². The highest BCUT2D eigenvalue weighted by molar-refractivity contribution is 5.91. The van der Waals surface area contributed by atoms with Crippen molar-refractivity contribution >= 4 is 11.7 Å². The highest BCUT2D eigenvalue weighted by Crippen LogP contribution is 2.39. The zero-order valence-corrected chi connectivity index (χ0v) is 13.9. The van der Waals surface area contributed by atoms with Crippen LogP contribution in [0.25, 0.3) is 5.69 Å². The lowest BCUT2D eigenvalue weighted by Gasteiger charge is -2.06. The Hall–Kier alpha value is -3.42. The summed E-state index contributed by atoms with van der Waals surface area (Å²) in [6, 6.07) is 10.1. The molecule has 0 bridgehead atoms. The third-order valence-corrected chi connectivity index (χ3v) is 4.29. The zero-order chi connectivity index (χ0) is 18.1. The lowest BCUT2D eigenvalue weighted by atomic mass is 10.1. The van der Waals surface area contributed by atoms with Crippen LogP contribution in [0.1, 0.15) is 30.0 Å². The summed E-state index contributed by atoms with van der Waals surface area (Å²) in [5, 5.41) is 9.83. The lowest BCUT2D eigenvalue weighted by Crippen LogP contribution is -2.27. The molecular formula is C18H17N5O3. The Balaban J connectivity index is 1.42. The molecule has 3 N–H and O–H groups in total. The second-order valence-corrected chi connectivity index (χ2v) is 6.35. The molecule has 26 heavy (non-hydrogen) atoms. The predicted octanol–water partition coefficient (Wildman–Crippen LogP) is 1.31. The fourth-order valence-corrected chi connectivity index (χ4v) is 2.77. The fraction of sp³-hybridized carbons (Fsp3) is 0.222. The van der Waals surface area contributed by atoms with Gasteiger partial charge in [0.2, 0.25) is 5.91 Å². The number of anilines is 1. The van der Waals surface area contributed by atoms with Crippen LogP contribution in [-0.2, 0) is 11.2 Å². The predicted molar refractivity (Wildman–Crippen MR) is 95.6 cm³/mol. The number of H-pyrrole nitrogens is 2. The molecule has 4 rings (SSSR count). The molecule has 0 radical (unpaired) electrons. The van der Waals surface area contributed by atoms with E-state index in [0.717, 1.165) is 11.3 Å². The Morgan fingerprint density at radius 1 is 1.19 bits per heavy atom. The summed E-state index contributed by atoms with van der Waals surface area (Å²) in [6.45, 7) is 0. The number of nitrogens with zero attached hydrogens (tertiary/aromatic N) is 2. The molecule has 2 aromatic heterocycles. The normalized spacial score (nSPS) is 13.5. The van der Waals surface area contributed by atoms with Gasteiger partial charge in [0.05, 0.1) is 12.1 Å². The Kier molecular flexibility index (Phi) is 4.00. The van der Waals surface area contributed by atoms with Crippen molar-refractivity contribution in [2.24, 2.45) is 0 Å². The highest BCUT2D eigenvalue weighted by atomic mass is 16.2. The lowest BCUT2D eigenvalue weighted by molar-refractivity contribution is -0.115. The van der Waals surface area contributed by atoms with Crippen LogP contribution < -0.4 is 16.6 Å². The maximum absolute atomic E-state index is 12.2. The van der Waals surface area contributed by atoms with Crippen molar-refractivity contribution in [1.29, 1.82) is 0 Å². The molecule has 1 saturated carbocycles. The van der Waals surface area contributed by atoms with Crippen molar-refractivity contribution in [2.75, 3.05) is 5.32 Å². The van der Waals surface area contributed by atoms with Crippen LogP contribution in [0.2, 0.25) is 0 Å². The van der Waals surface area contributed by atoms with Crippen LogP contribution in [0.4, 0.5) is 5.82 Å². The van der Waals surface area contributed by atoms with E-state index in [2.05, 4.69) is 20.5 Å². The number of aromatic amines is 2. The molecule has 2 heterocycles. The van der Waals surface area contributed by atoms with Crippen molar-refractivity contribution in [1.82, 2.24) is 19.7 Å². The molecule has 0 unspecified atom stereocenters. The van der Waals surface area contributed by atoms with Crippen LogP contribution in [0.5, 0.6) is 0 Å². The van der Waals surface area contributed by atoms with Gasteiger partial charge < -0.3 is 5.32 Å². The first-order chi connectivity index (χ1) is 12.6. The molecular weight excluding hydrogens is 334 g/mol. The maximum atomic E-state index is 12.2. The quantitative estimate of drug-likeness (QED) is 0.643. The van der Waals surface area contributed by atoms with Crippen LogP contribution in [0.3, 0.4) is 0 Å². The Labute approximate surface area is 147 Å². The molecule has 8 heteroatoms. The second-order valence-electron chi connectivity index (χ2n) is 6.35. The number of carbonyl (C=O) groups excluding carboxylic acids is 1. The van der Waals surface area contributed by atoms with Gasteiger partial charge in [-0.15, -0.1) is 0 Å². The monoisotopic (exact) mass is 351 g/mol. The first-order valence-corrected chi connectivity index (χ1v) is 8.35. The molecule has 1 amide bonds. The van der Waals surface area contributed by atoms with Crippen molar-refractivity contribution in [3.8, 4) is 5.69 Å². The summed E-state index contributed by atoms with van der Waals surface area (Å²) in [5.74, 6) is 0.929. The van der Waals surface area contributed by atoms with E-state index < -0.39 is 11.2 Å². The standard InChI is InChI=1S/C18H17N5O3/c24-16-7-8-23(18(26)20-16)13-5-1-11(2-6-13)9-17(25)19-15-10-14(21-22-15)12-3-4-12/h1-2,5-8,10,12H,3-4,9H2,(H,20,24,26)(H2,19,21,22,25). The topological polar surface area (TPSA) is 113 Å². The molecule has 1 aromatic carbocycles. The third-order valence-electron chi connectivity index (χ3n) is 4.29. The summed E-state index contributed by atoms with van der Waals surface area (Å²) in [4.78, 5) is 37.3. The zero-order valence-electron chi connectivity index (χ0n) is 13.9. The van der Waals surface area contributed by atoms with Gasteiger partial charge in [0.1, 0.15) is 0 Å². The minimum atomic E-state index is -0.506. The molecule has 132 valence electrons. The fourth-order valence-electron chi connectivity index (χ4n) is 2.77. The van der Waals surface area contributed by atoms with Gasteiger partial charge in [-0.05, 0) is 30.5 Å². The van der Waals surface area contributed by atoms with Crippen molar-refractivity contribution in [3.05, 3.63) is 74.7 Å². The number of amides is 1. The molecule has 1 aliphatic carbocycles. The van der Waals surface area contributed by atoms with Crippen LogP contribution in [0, 0.1) is 0 Å². The van der Waals surface area contributed by atoms with Gasteiger partial charge in [0, 0.05) is 29.9 Å². The van der Waals surface area contributed by atoms with E-state index in [1.807, 2.05) is 6.07 Å². The minimum Gasteiger partial charge on any atom is -0.309 e. The van der Waals surface area contributed by atoms with Gasteiger partial charge in [0.25, 0.3) is 5.56 Å². The first kappa shape index (κ1) is 16.1. The number of nitrogens with one attached hydrogen (secondary N) is 3.